The fraction of sp³-hybridized carbons (Fsp3) is 0.136. The van der Waals surface area contributed by atoms with Gasteiger partial charge in [0.1, 0.15) is 17.6 Å². The van der Waals surface area contributed by atoms with Gasteiger partial charge in [0.2, 0.25) is 5.91 Å². The Kier molecular flexibility index (Phi) is 6.76. The van der Waals surface area contributed by atoms with Gasteiger partial charge in [0.05, 0.1) is 11.1 Å². The Morgan fingerprint density at radius 3 is 2.26 bits per heavy atom. The van der Waals surface area contributed by atoms with Crippen molar-refractivity contribution in [3.63, 3.8) is 0 Å². The molecule has 2 amide bonds. The molecule has 0 unspecified atom stereocenters. The molecule has 0 fully saturated rings. The first-order chi connectivity index (χ1) is 14.7. The molecule has 1 heterocycles. The monoisotopic (exact) mass is 441 g/mol. The van der Waals surface area contributed by atoms with Gasteiger partial charge in [-0.25, -0.2) is 17.8 Å². The number of halogens is 1. The predicted octanol–water partition coefficient (Wildman–Crippen LogP) is 2.60. The molecule has 0 saturated carbocycles. The molecule has 0 aliphatic heterocycles. The molecule has 1 atom stereocenters. The van der Waals surface area contributed by atoms with E-state index < -0.39 is 33.5 Å². The quantitative estimate of drug-likeness (QED) is 0.586. The fourth-order valence-corrected chi connectivity index (χ4v) is 3.45. The summed E-state index contributed by atoms with van der Waals surface area (Å²) in [7, 11) is -3.36. The van der Waals surface area contributed by atoms with Gasteiger partial charge in [0.25, 0.3) is 5.91 Å². The maximum Gasteiger partial charge on any atom is 0.270 e. The lowest BCUT2D eigenvalue weighted by molar-refractivity contribution is -0.118. The maximum atomic E-state index is 13.1. The number of anilines is 1. The summed E-state index contributed by atoms with van der Waals surface area (Å²) in [5, 5.41) is 5.30. The first kappa shape index (κ1) is 22.1. The molecule has 2 N–H and O–H groups in total. The van der Waals surface area contributed by atoms with Gasteiger partial charge in [-0.15, -0.1) is 0 Å². The number of hydrogen-bond donors (Lipinski definition) is 2. The Bertz CT molecular complexity index is 1170. The van der Waals surface area contributed by atoms with E-state index in [4.69, 9.17) is 0 Å². The van der Waals surface area contributed by atoms with Crippen LogP contribution in [-0.4, -0.2) is 37.5 Å². The highest BCUT2D eigenvalue weighted by Crippen LogP contribution is 2.15. The number of amides is 2. The summed E-state index contributed by atoms with van der Waals surface area (Å²) in [4.78, 5) is 29.3. The Labute approximate surface area is 179 Å². The lowest BCUT2D eigenvalue weighted by Crippen LogP contribution is -2.45. The van der Waals surface area contributed by atoms with Gasteiger partial charge in [0.15, 0.2) is 9.84 Å². The molecule has 0 radical (unpaired) electrons. The molecule has 160 valence electrons. The summed E-state index contributed by atoms with van der Waals surface area (Å²) in [5.74, 6) is -1.69. The van der Waals surface area contributed by atoms with E-state index in [0.29, 0.717) is 5.69 Å². The van der Waals surface area contributed by atoms with Crippen molar-refractivity contribution in [1.29, 1.82) is 0 Å². The number of benzene rings is 2. The average Bonchev–Trinajstić information content (AvgIpc) is 2.74. The highest BCUT2D eigenvalue weighted by molar-refractivity contribution is 7.90. The van der Waals surface area contributed by atoms with Crippen LogP contribution in [0, 0.1) is 5.82 Å². The van der Waals surface area contributed by atoms with Crippen LogP contribution >= 0.6 is 0 Å². The zero-order chi connectivity index (χ0) is 22.4. The van der Waals surface area contributed by atoms with Gasteiger partial charge in [-0.3, -0.25) is 9.59 Å². The highest BCUT2D eigenvalue weighted by Gasteiger charge is 2.23. The second kappa shape index (κ2) is 9.48. The number of nitrogens with one attached hydrogen (secondary N) is 2. The Balaban J connectivity index is 1.78. The van der Waals surface area contributed by atoms with Crippen LogP contribution in [0.3, 0.4) is 0 Å². The number of pyridine rings is 1. The minimum Gasteiger partial charge on any atom is -0.339 e. The lowest BCUT2D eigenvalue weighted by Gasteiger charge is -2.19. The average molecular weight is 441 g/mol. The number of nitrogens with zero attached hydrogens (tertiary/aromatic N) is 1. The maximum absolute atomic E-state index is 13.1. The Hall–Kier alpha value is -3.59. The summed E-state index contributed by atoms with van der Waals surface area (Å²) < 4.78 is 36.3. The molecule has 7 nitrogen and oxygen atoms in total. The van der Waals surface area contributed by atoms with Crippen LogP contribution in [-0.2, 0) is 21.1 Å². The molecule has 1 aromatic heterocycles. The molecule has 2 aromatic carbocycles. The van der Waals surface area contributed by atoms with Gasteiger partial charge in [0, 0.05) is 18.4 Å². The molecular formula is C22H20FN3O4S. The van der Waals surface area contributed by atoms with E-state index in [0.717, 1.165) is 24.1 Å². The van der Waals surface area contributed by atoms with Gasteiger partial charge in [-0.1, -0.05) is 30.3 Å². The number of aromatic nitrogens is 1. The molecule has 0 saturated heterocycles. The topological polar surface area (TPSA) is 105 Å². The summed E-state index contributed by atoms with van der Waals surface area (Å²) in [6.45, 7) is 0. The molecule has 3 aromatic rings. The van der Waals surface area contributed by atoms with Crippen molar-refractivity contribution in [1.82, 2.24) is 10.3 Å². The van der Waals surface area contributed by atoms with Crippen LogP contribution in [0.5, 0.6) is 0 Å². The summed E-state index contributed by atoms with van der Waals surface area (Å²) in [6.07, 6.45) is 2.22. The van der Waals surface area contributed by atoms with Crippen LogP contribution in [0.1, 0.15) is 16.1 Å². The number of sulfone groups is 1. The van der Waals surface area contributed by atoms with Gasteiger partial charge in [-0.05, 0) is 42.0 Å². The van der Waals surface area contributed by atoms with E-state index in [1.54, 1.807) is 0 Å². The zero-order valence-electron chi connectivity index (χ0n) is 16.6. The highest BCUT2D eigenvalue weighted by atomic mass is 32.2. The summed E-state index contributed by atoms with van der Waals surface area (Å²) in [6, 6.07) is 16.2. The van der Waals surface area contributed by atoms with E-state index in [9.17, 15) is 22.4 Å². The smallest absolute Gasteiger partial charge is 0.270 e. The Morgan fingerprint density at radius 2 is 1.68 bits per heavy atom. The first-order valence-corrected chi connectivity index (χ1v) is 11.2. The number of rotatable bonds is 7. The largest absolute Gasteiger partial charge is 0.339 e. The van der Waals surface area contributed by atoms with Crippen LogP contribution in [0.2, 0.25) is 0 Å². The molecule has 0 spiro atoms. The normalized spacial score (nSPS) is 12.1. The van der Waals surface area contributed by atoms with Gasteiger partial charge < -0.3 is 10.6 Å². The number of hydrogen-bond acceptors (Lipinski definition) is 5. The molecule has 0 aliphatic carbocycles. The lowest BCUT2D eigenvalue weighted by atomic mass is 10.0. The van der Waals surface area contributed by atoms with Crippen molar-refractivity contribution in [2.75, 3.05) is 11.6 Å². The van der Waals surface area contributed by atoms with Crippen molar-refractivity contribution in [2.45, 2.75) is 17.4 Å². The number of carbonyl (C=O) groups excluding carboxylic acids is 2. The fourth-order valence-electron chi connectivity index (χ4n) is 2.82. The van der Waals surface area contributed by atoms with Crippen molar-refractivity contribution < 1.29 is 22.4 Å². The molecule has 0 aliphatic rings. The second-order valence-corrected chi connectivity index (χ2v) is 8.88. The molecule has 9 heteroatoms. The minimum absolute atomic E-state index is 0.0234. The first-order valence-electron chi connectivity index (χ1n) is 9.30. The van der Waals surface area contributed by atoms with Crippen molar-refractivity contribution in [3.05, 3.63) is 90.0 Å². The van der Waals surface area contributed by atoms with E-state index >= 15 is 0 Å². The van der Waals surface area contributed by atoms with E-state index in [1.165, 1.54) is 30.3 Å². The van der Waals surface area contributed by atoms with Crippen LogP contribution < -0.4 is 10.6 Å². The number of carbonyl (C=O) groups is 2. The van der Waals surface area contributed by atoms with Crippen LogP contribution in [0.25, 0.3) is 0 Å². The van der Waals surface area contributed by atoms with Gasteiger partial charge in [-0.2, -0.15) is 0 Å². The van der Waals surface area contributed by atoms with Gasteiger partial charge >= 0.3 is 0 Å². The van der Waals surface area contributed by atoms with Crippen molar-refractivity contribution >= 4 is 27.3 Å². The van der Waals surface area contributed by atoms with Crippen LogP contribution in [0.15, 0.2) is 77.8 Å². The summed E-state index contributed by atoms with van der Waals surface area (Å²) >= 11 is 0. The Morgan fingerprint density at radius 1 is 1.00 bits per heavy atom. The van der Waals surface area contributed by atoms with Crippen LogP contribution in [0.4, 0.5) is 10.1 Å². The third-order valence-corrected chi connectivity index (χ3v) is 5.54. The zero-order valence-corrected chi connectivity index (χ0v) is 17.4. The minimum atomic E-state index is -3.36. The standard InChI is InChI=1S/C22H20FN3O4S/c1-31(29,30)18-10-8-17(9-11-18)25-22(28)20(13-15-5-3-2-4-6-15)26-21(27)19-12-7-16(23)14-24-19/h2-12,14,20H,13H2,1H3,(H,25,28)(H,26,27)/t20-/m0/s1. The molecule has 31 heavy (non-hydrogen) atoms. The summed E-state index contributed by atoms with van der Waals surface area (Å²) in [5.41, 5.74) is 1.18. The van der Waals surface area contributed by atoms with E-state index in [-0.39, 0.29) is 17.0 Å². The molecule has 0 bridgehead atoms. The predicted molar refractivity (Wildman–Crippen MR) is 114 cm³/mol. The molecular weight excluding hydrogens is 421 g/mol. The van der Waals surface area contributed by atoms with Crippen molar-refractivity contribution in [2.24, 2.45) is 0 Å². The SMILES string of the molecule is CS(=O)(=O)c1ccc(NC(=O)[C@H](Cc2ccccc2)NC(=O)c2ccc(F)cn2)cc1. The third kappa shape index (κ3) is 6.19. The molecule has 3 rings (SSSR count). The van der Waals surface area contributed by atoms with E-state index in [2.05, 4.69) is 15.6 Å². The third-order valence-electron chi connectivity index (χ3n) is 4.41. The second-order valence-electron chi connectivity index (χ2n) is 6.86. The van der Waals surface area contributed by atoms with Crippen molar-refractivity contribution in [3.8, 4) is 0 Å². The van der Waals surface area contributed by atoms with E-state index in [1.807, 2.05) is 30.3 Å².